The number of anilines is 1. The van der Waals surface area contributed by atoms with Crippen molar-refractivity contribution in [1.29, 1.82) is 0 Å². The number of nitrogens with one attached hydrogen (secondary N) is 1. The molecule has 1 aliphatic carbocycles. The molecule has 2 aromatic rings. The zero-order chi connectivity index (χ0) is 35.6. The second-order valence-electron chi connectivity index (χ2n) is 14.9. The Labute approximate surface area is 302 Å². The van der Waals surface area contributed by atoms with Gasteiger partial charge in [-0.3, -0.25) is 9.59 Å². The van der Waals surface area contributed by atoms with Crippen LogP contribution in [0.25, 0.3) is 0 Å². The Morgan fingerprint density at radius 2 is 1.74 bits per heavy atom. The topological polar surface area (TPSA) is 114 Å². The minimum atomic E-state index is -3.94. The van der Waals surface area contributed by atoms with Crippen molar-refractivity contribution >= 4 is 39.1 Å². The van der Waals surface area contributed by atoms with Crippen molar-refractivity contribution in [3.05, 3.63) is 58.1 Å². The summed E-state index contributed by atoms with van der Waals surface area (Å²) >= 11 is 6.37. The molecule has 12 heteroatoms. The van der Waals surface area contributed by atoms with Gasteiger partial charge in [-0.15, -0.1) is 0 Å². The fourth-order valence-electron chi connectivity index (χ4n) is 8.03. The second-order valence-corrected chi connectivity index (χ2v) is 17.3. The largest absolute Gasteiger partial charge is 0.487 e. The van der Waals surface area contributed by atoms with E-state index in [1.54, 1.807) is 44.0 Å². The van der Waals surface area contributed by atoms with Gasteiger partial charge in [-0.2, -0.15) is 0 Å². The summed E-state index contributed by atoms with van der Waals surface area (Å²) in [6.45, 7) is 7.90. The molecule has 2 aromatic carbocycles. The molecule has 2 amide bonds. The Kier molecular flexibility index (Phi) is 11.7. The highest BCUT2D eigenvalue weighted by Crippen LogP contribution is 2.46. The van der Waals surface area contributed by atoms with Crippen molar-refractivity contribution in [2.75, 3.05) is 38.3 Å². The zero-order valence-electron chi connectivity index (χ0n) is 29.7. The third kappa shape index (κ3) is 8.27. The molecule has 0 spiro atoms. The molecule has 6 rings (SSSR count). The molecule has 2 fully saturated rings. The summed E-state index contributed by atoms with van der Waals surface area (Å²) in [5, 5.41) is -0.0510. The molecule has 50 heavy (non-hydrogen) atoms. The first-order valence-electron chi connectivity index (χ1n) is 18.2. The molecule has 5 atom stereocenters. The normalized spacial score (nSPS) is 30.6. The lowest BCUT2D eigenvalue weighted by Crippen LogP contribution is -2.52. The summed E-state index contributed by atoms with van der Waals surface area (Å²) in [4.78, 5) is 29.6. The number of fused-ring (bicyclic) bond motifs is 3. The first kappa shape index (κ1) is 36.9. The van der Waals surface area contributed by atoms with Gasteiger partial charge in [0.25, 0.3) is 5.91 Å². The number of amides is 2. The first-order chi connectivity index (χ1) is 23.9. The maximum Gasteiger partial charge on any atom is 0.264 e. The molecule has 0 aromatic heterocycles. The molecule has 3 heterocycles. The van der Waals surface area contributed by atoms with E-state index >= 15 is 0 Å². The second kappa shape index (κ2) is 15.8. The van der Waals surface area contributed by atoms with Gasteiger partial charge in [0.05, 0.1) is 30.2 Å². The van der Waals surface area contributed by atoms with Crippen molar-refractivity contribution in [3.63, 3.8) is 0 Å². The van der Waals surface area contributed by atoms with E-state index in [-0.39, 0.29) is 35.6 Å². The summed E-state index contributed by atoms with van der Waals surface area (Å²) < 4.78 is 48.6. The Morgan fingerprint density at radius 3 is 2.46 bits per heavy atom. The summed E-state index contributed by atoms with van der Waals surface area (Å²) in [5.41, 5.74) is 3.33. The van der Waals surface area contributed by atoms with E-state index in [4.69, 9.17) is 25.8 Å². The van der Waals surface area contributed by atoms with Gasteiger partial charge >= 0.3 is 0 Å². The van der Waals surface area contributed by atoms with Crippen LogP contribution in [0.5, 0.6) is 5.75 Å². The van der Waals surface area contributed by atoms with Crippen LogP contribution >= 0.6 is 11.6 Å². The van der Waals surface area contributed by atoms with E-state index in [0.717, 1.165) is 69.3 Å². The quantitative estimate of drug-likeness (QED) is 0.389. The highest BCUT2D eigenvalue weighted by atomic mass is 35.5. The number of hydrogen-bond acceptors (Lipinski definition) is 8. The van der Waals surface area contributed by atoms with Gasteiger partial charge in [0.2, 0.25) is 15.9 Å². The molecule has 1 N–H and O–H groups in total. The molecule has 274 valence electrons. The van der Waals surface area contributed by atoms with Crippen molar-refractivity contribution in [3.8, 4) is 5.75 Å². The van der Waals surface area contributed by atoms with Crippen LogP contribution < -0.4 is 14.4 Å². The lowest BCUT2D eigenvalue weighted by molar-refractivity contribution is -0.241. The van der Waals surface area contributed by atoms with E-state index in [9.17, 15) is 18.0 Å². The average Bonchev–Trinajstić information content (AvgIpc) is 3.11. The Bertz CT molecular complexity index is 1650. The number of halogens is 1. The van der Waals surface area contributed by atoms with Crippen LogP contribution in [0.4, 0.5) is 5.69 Å². The lowest BCUT2D eigenvalue weighted by Gasteiger charge is -2.48. The Hall–Kier alpha value is -2.86. The monoisotopic (exact) mass is 729 g/mol. The van der Waals surface area contributed by atoms with Crippen LogP contribution in [0.2, 0.25) is 5.02 Å². The van der Waals surface area contributed by atoms with Crippen molar-refractivity contribution < 1.29 is 32.2 Å². The number of benzene rings is 2. The van der Waals surface area contributed by atoms with E-state index < -0.39 is 21.2 Å². The number of carbonyl (C=O) groups is 2. The third-order valence-electron chi connectivity index (χ3n) is 11.7. The lowest BCUT2D eigenvalue weighted by atomic mass is 9.65. The van der Waals surface area contributed by atoms with Crippen molar-refractivity contribution in [1.82, 2.24) is 9.62 Å². The van der Waals surface area contributed by atoms with Gasteiger partial charge in [-0.1, -0.05) is 31.0 Å². The van der Waals surface area contributed by atoms with Crippen LogP contribution in [0, 0.1) is 23.7 Å². The van der Waals surface area contributed by atoms with E-state index in [1.807, 2.05) is 25.1 Å². The number of rotatable bonds is 2. The van der Waals surface area contributed by atoms with Gasteiger partial charge in [-0.05, 0) is 111 Å². The third-order valence-corrected chi connectivity index (χ3v) is 13.9. The summed E-state index contributed by atoms with van der Waals surface area (Å²) in [7, 11) is -2.15. The van der Waals surface area contributed by atoms with Gasteiger partial charge < -0.3 is 24.0 Å². The number of sulfonamides is 1. The summed E-state index contributed by atoms with van der Waals surface area (Å²) in [5.74, 6) is 0.704. The highest BCUT2D eigenvalue weighted by Gasteiger charge is 2.44. The van der Waals surface area contributed by atoms with Gasteiger partial charge in [0.15, 0.2) is 6.29 Å². The summed E-state index contributed by atoms with van der Waals surface area (Å²) in [6.07, 6.45) is 6.87. The minimum Gasteiger partial charge on any atom is -0.487 e. The van der Waals surface area contributed by atoms with E-state index in [0.29, 0.717) is 48.8 Å². The number of nitrogens with zero attached hydrogens (tertiary/aromatic N) is 2. The number of aryl methyl sites for hydroxylation is 1. The van der Waals surface area contributed by atoms with Crippen LogP contribution in [0.3, 0.4) is 0 Å². The van der Waals surface area contributed by atoms with Crippen LogP contribution in [-0.2, 0) is 37.3 Å². The predicted molar refractivity (Wildman–Crippen MR) is 194 cm³/mol. The number of hydrogen-bond donors (Lipinski definition) is 1. The minimum absolute atomic E-state index is 0.0192. The smallest absolute Gasteiger partial charge is 0.264 e. The number of ether oxygens (including phenoxy) is 3. The molecular formula is C38H52ClN3O7S. The SMILES string of the molecule is CC(=O)N(C)[C@H]1CO[C@H]([C@H]2CCC[C@H](C)[C@@H](C)S(=O)(=O)NC(=O)c3ccc4c(c3)N(CCCCc3cc(Cl)ccc3CO4)C[C@@H]3CC[C@H]32)OC1. The summed E-state index contributed by atoms with van der Waals surface area (Å²) in [6, 6.07) is 11.0. The van der Waals surface area contributed by atoms with E-state index in [2.05, 4.69) is 9.62 Å². The molecule has 1 saturated heterocycles. The molecule has 4 aliphatic rings. The number of likely N-dealkylation sites (N-methyl/N-ethyl adjacent to an activating group) is 1. The standard InChI is InChI=1S/C38H52ClN3O7S/c1-24-8-7-10-34(38-48-22-32(23-49-38)41(4)26(3)43)33-15-12-29(33)20-42-17-6-5-9-27-18-31(39)14-11-30(27)21-47-36-16-13-28(19-35(36)42)37(44)40-50(45,46)25(24)2/h11,13-14,16,18-19,24-25,29,32-34,38H,5-10,12,15,17,20-23H2,1-4H3,(H,40,44)/t24-,25+,29-,32-,33+,34-,38-/m0/s1. The number of carbonyl (C=O) groups excluding carboxylic acids is 2. The predicted octanol–water partition coefficient (Wildman–Crippen LogP) is 6.19. The maximum atomic E-state index is 13.5. The van der Waals surface area contributed by atoms with Crippen LogP contribution in [0.1, 0.15) is 87.2 Å². The molecule has 2 bridgehead atoms. The molecule has 10 nitrogen and oxygen atoms in total. The van der Waals surface area contributed by atoms with Crippen molar-refractivity contribution in [2.24, 2.45) is 23.7 Å². The van der Waals surface area contributed by atoms with Crippen LogP contribution in [-0.4, -0.2) is 76.1 Å². The maximum absolute atomic E-state index is 13.5. The van der Waals surface area contributed by atoms with Crippen LogP contribution in [0.15, 0.2) is 36.4 Å². The molecule has 0 radical (unpaired) electrons. The highest BCUT2D eigenvalue weighted by molar-refractivity contribution is 7.90. The van der Waals surface area contributed by atoms with Gasteiger partial charge in [-0.25, -0.2) is 13.1 Å². The fourth-order valence-corrected chi connectivity index (χ4v) is 9.54. The molecule has 1 saturated carbocycles. The fraction of sp³-hybridized carbons (Fsp3) is 0.632. The zero-order valence-corrected chi connectivity index (χ0v) is 31.3. The molecule has 0 unspecified atom stereocenters. The van der Waals surface area contributed by atoms with Gasteiger partial charge in [0.1, 0.15) is 12.4 Å². The first-order valence-corrected chi connectivity index (χ1v) is 20.2. The van der Waals surface area contributed by atoms with Gasteiger partial charge in [0, 0.05) is 43.6 Å². The Morgan fingerprint density at radius 1 is 0.960 bits per heavy atom. The van der Waals surface area contributed by atoms with E-state index in [1.165, 1.54) is 5.56 Å². The molecule has 3 aliphatic heterocycles. The average molecular weight is 730 g/mol. The molecular weight excluding hydrogens is 678 g/mol. The Balaban J connectivity index is 1.33. The van der Waals surface area contributed by atoms with Crippen molar-refractivity contribution in [2.45, 2.75) is 96.3 Å².